The molecule has 1 aromatic rings. The van der Waals surface area contributed by atoms with E-state index >= 15 is 0 Å². The molecule has 1 rings (SSSR count). The van der Waals surface area contributed by atoms with Gasteiger partial charge in [-0.15, -0.1) is 6.58 Å². The molecular weight excluding hydrogens is 388 g/mol. The van der Waals surface area contributed by atoms with Gasteiger partial charge in [0.25, 0.3) is 5.91 Å². The van der Waals surface area contributed by atoms with Crippen LogP contribution in [0.1, 0.15) is 12.5 Å². The molecule has 20 heavy (non-hydrogen) atoms. The molecule has 1 amide bonds. The van der Waals surface area contributed by atoms with Crippen LogP contribution in [-0.4, -0.2) is 25.1 Å². The van der Waals surface area contributed by atoms with Gasteiger partial charge in [-0.05, 0) is 62.9 Å². The Hall–Kier alpha value is -0.850. The van der Waals surface area contributed by atoms with Crippen molar-refractivity contribution < 1.29 is 9.53 Å². The summed E-state index contributed by atoms with van der Waals surface area (Å²) < 4.78 is 7.10. The first-order chi connectivity index (χ1) is 9.43. The summed E-state index contributed by atoms with van der Waals surface area (Å²) in [5.74, 6) is 0.413. The third-order valence-electron chi connectivity index (χ3n) is 2.41. The molecule has 0 aliphatic carbocycles. The molecule has 0 saturated heterocycles. The summed E-state index contributed by atoms with van der Waals surface area (Å²) in [6.45, 7) is 5.87. The molecule has 0 bridgehead atoms. The molecule has 0 saturated carbocycles. The van der Waals surface area contributed by atoms with Crippen molar-refractivity contribution in [3.05, 3.63) is 39.3 Å². The second-order valence-electron chi connectivity index (χ2n) is 4.45. The van der Waals surface area contributed by atoms with E-state index in [4.69, 9.17) is 10.5 Å². The Morgan fingerprint density at radius 2 is 2.10 bits per heavy atom. The van der Waals surface area contributed by atoms with Crippen molar-refractivity contribution in [1.29, 1.82) is 0 Å². The SMILES string of the molecule is C=CCNC(=O)COc1c(Br)cc(CC(C)N)cc1Br. The number of rotatable bonds is 7. The zero-order chi connectivity index (χ0) is 15.1. The molecule has 1 atom stereocenters. The van der Waals surface area contributed by atoms with Crippen molar-refractivity contribution in [3.63, 3.8) is 0 Å². The molecule has 0 spiro atoms. The highest BCUT2D eigenvalue weighted by Crippen LogP contribution is 2.35. The van der Waals surface area contributed by atoms with Crippen LogP contribution in [0.25, 0.3) is 0 Å². The third-order valence-corrected chi connectivity index (χ3v) is 3.58. The average molecular weight is 406 g/mol. The summed E-state index contributed by atoms with van der Waals surface area (Å²) in [5.41, 5.74) is 6.88. The maximum absolute atomic E-state index is 11.5. The number of ether oxygens (including phenoxy) is 1. The lowest BCUT2D eigenvalue weighted by molar-refractivity contribution is -0.122. The van der Waals surface area contributed by atoms with Crippen LogP contribution in [0, 0.1) is 0 Å². The highest BCUT2D eigenvalue weighted by Gasteiger charge is 2.11. The smallest absolute Gasteiger partial charge is 0.258 e. The van der Waals surface area contributed by atoms with Gasteiger partial charge in [-0.1, -0.05) is 6.08 Å². The van der Waals surface area contributed by atoms with Crippen LogP contribution in [0.2, 0.25) is 0 Å². The maximum atomic E-state index is 11.5. The average Bonchev–Trinajstić information content (AvgIpc) is 2.34. The summed E-state index contributed by atoms with van der Waals surface area (Å²) in [6, 6.07) is 3.99. The molecule has 0 radical (unpaired) electrons. The summed E-state index contributed by atoms with van der Waals surface area (Å²) in [6.07, 6.45) is 2.39. The summed E-state index contributed by atoms with van der Waals surface area (Å²) in [7, 11) is 0. The van der Waals surface area contributed by atoms with E-state index in [9.17, 15) is 4.79 Å². The zero-order valence-corrected chi connectivity index (χ0v) is 14.5. The van der Waals surface area contributed by atoms with Crippen molar-refractivity contribution in [3.8, 4) is 5.75 Å². The van der Waals surface area contributed by atoms with E-state index in [1.165, 1.54) is 0 Å². The van der Waals surface area contributed by atoms with Crippen LogP contribution in [0.5, 0.6) is 5.75 Å². The topological polar surface area (TPSA) is 64.3 Å². The Kier molecular flexibility index (Phi) is 7.26. The quantitative estimate of drug-likeness (QED) is 0.685. The van der Waals surface area contributed by atoms with E-state index in [-0.39, 0.29) is 18.6 Å². The van der Waals surface area contributed by atoms with E-state index in [1.54, 1.807) is 6.08 Å². The first-order valence-electron chi connectivity index (χ1n) is 6.18. The normalized spacial score (nSPS) is 11.8. The minimum Gasteiger partial charge on any atom is -0.481 e. The van der Waals surface area contributed by atoms with Gasteiger partial charge in [0.1, 0.15) is 5.75 Å². The molecule has 4 nitrogen and oxygen atoms in total. The number of nitrogens with two attached hydrogens (primary N) is 1. The molecule has 0 heterocycles. The number of carbonyl (C=O) groups is 1. The standard InChI is InChI=1S/C14H18Br2N2O2/c1-3-4-18-13(19)8-20-14-11(15)6-10(5-9(2)17)7-12(14)16/h3,6-7,9H,1,4-5,8,17H2,2H3,(H,18,19). The fourth-order valence-electron chi connectivity index (χ4n) is 1.61. The number of carbonyl (C=O) groups excluding carboxylic acids is 1. The van der Waals surface area contributed by atoms with Gasteiger partial charge < -0.3 is 15.8 Å². The van der Waals surface area contributed by atoms with E-state index in [0.29, 0.717) is 12.3 Å². The molecule has 1 unspecified atom stereocenters. The Balaban J connectivity index is 2.71. The van der Waals surface area contributed by atoms with Crippen LogP contribution in [0.15, 0.2) is 33.7 Å². The molecule has 0 aromatic heterocycles. The van der Waals surface area contributed by atoms with Crippen molar-refractivity contribution in [1.82, 2.24) is 5.32 Å². The van der Waals surface area contributed by atoms with Gasteiger partial charge in [-0.3, -0.25) is 4.79 Å². The summed E-state index contributed by atoms with van der Waals surface area (Å²) >= 11 is 6.89. The van der Waals surface area contributed by atoms with Crippen molar-refractivity contribution >= 4 is 37.8 Å². The van der Waals surface area contributed by atoms with Gasteiger partial charge in [0.15, 0.2) is 6.61 Å². The fraction of sp³-hybridized carbons (Fsp3) is 0.357. The summed E-state index contributed by atoms with van der Waals surface area (Å²) in [4.78, 5) is 11.5. The van der Waals surface area contributed by atoms with Crippen LogP contribution in [0.4, 0.5) is 0 Å². The lowest BCUT2D eigenvalue weighted by Crippen LogP contribution is -2.28. The molecule has 0 fully saturated rings. The number of amides is 1. The molecule has 6 heteroatoms. The Morgan fingerprint density at radius 3 is 2.60 bits per heavy atom. The number of halogens is 2. The fourth-order valence-corrected chi connectivity index (χ4v) is 3.12. The van der Waals surface area contributed by atoms with Gasteiger partial charge >= 0.3 is 0 Å². The number of nitrogens with one attached hydrogen (secondary N) is 1. The predicted molar refractivity (Wildman–Crippen MR) is 87.9 cm³/mol. The first-order valence-corrected chi connectivity index (χ1v) is 7.76. The highest BCUT2D eigenvalue weighted by molar-refractivity contribution is 9.11. The Morgan fingerprint density at radius 1 is 1.50 bits per heavy atom. The molecular formula is C14H18Br2N2O2. The monoisotopic (exact) mass is 404 g/mol. The van der Waals surface area contributed by atoms with Crippen LogP contribution in [-0.2, 0) is 11.2 Å². The third kappa shape index (κ3) is 5.64. The van der Waals surface area contributed by atoms with Gasteiger partial charge in [0, 0.05) is 12.6 Å². The van der Waals surface area contributed by atoms with Gasteiger partial charge in [-0.2, -0.15) is 0 Å². The lowest BCUT2D eigenvalue weighted by atomic mass is 10.1. The van der Waals surface area contributed by atoms with Gasteiger partial charge in [-0.25, -0.2) is 0 Å². The Bertz CT molecular complexity index is 467. The lowest BCUT2D eigenvalue weighted by Gasteiger charge is -2.13. The Labute approximate surface area is 136 Å². The van der Waals surface area contributed by atoms with Crippen molar-refractivity contribution in [2.24, 2.45) is 5.73 Å². The van der Waals surface area contributed by atoms with Crippen LogP contribution < -0.4 is 15.8 Å². The van der Waals surface area contributed by atoms with E-state index in [1.807, 2.05) is 19.1 Å². The molecule has 110 valence electrons. The number of hydrogen-bond acceptors (Lipinski definition) is 3. The zero-order valence-electron chi connectivity index (χ0n) is 11.3. The van der Waals surface area contributed by atoms with Crippen molar-refractivity contribution in [2.75, 3.05) is 13.2 Å². The van der Waals surface area contributed by atoms with Crippen LogP contribution >= 0.6 is 31.9 Å². The number of hydrogen-bond donors (Lipinski definition) is 2. The number of benzene rings is 1. The van der Waals surface area contributed by atoms with E-state index in [2.05, 4.69) is 43.8 Å². The molecule has 3 N–H and O–H groups in total. The highest BCUT2D eigenvalue weighted by atomic mass is 79.9. The minimum absolute atomic E-state index is 0.0440. The second-order valence-corrected chi connectivity index (χ2v) is 6.16. The second kappa shape index (κ2) is 8.44. The van der Waals surface area contributed by atoms with E-state index < -0.39 is 0 Å². The van der Waals surface area contributed by atoms with Crippen molar-refractivity contribution in [2.45, 2.75) is 19.4 Å². The minimum atomic E-state index is -0.191. The van der Waals surface area contributed by atoms with E-state index in [0.717, 1.165) is 20.9 Å². The van der Waals surface area contributed by atoms with Gasteiger partial charge in [0.2, 0.25) is 0 Å². The largest absolute Gasteiger partial charge is 0.481 e. The maximum Gasteiger partial charge on any atom is 0.258 e. The summed E-state index contributed by atoms with van der Waals surface area (Å²) in [5, 5.41) is 2.65. The van der Waals surface area contributed by atoms with Crippen LogP contribution in [0.3, 0.4) is 0 Å². The predicted octanol–water partition coefficient (Wildman–Crippen LogP) is 2.78. The molecule has 0 aliphatic heterocycles. The van der Waals surface area contributed by atoms with Gasteiger partial charge in [0.05, 0.1) is 8.95 Å². The molecule has 1 aromatic carbocycles. The first kappa shape index (κ1) is 17.2. The molecule has 0 aliphatic rings.